The smallest absolute Gasteiger partial charge is 0.137 e. The van der Waals surface area contributed by atoms with Gasteiger partial charge < -0.3 is 9.13 Å². The Morgan fingerprint density at radius 3 is 1.41 bits per heavy atom. The Labute approximate surface area is 363 Å². The lowest BCUT2D eigenvalue weighted by Crippen LogP contribution is -1.99. The van der Waals surface area contributed by atoms with Gasteiger partial charge in [-0.1, -0.05) is 158 Å². The first-order valence-electron chi connectivity index (χ1n) is 21.5. The van der Waals surface area contributed by atoms with Crippen LogP contribution in [0.5, 0.6) is 0 Å². The van der Waals surface area contributed by atoms with E-state index >= 15 is 0 Å². The lowest BCUT2D eigenvalue weighted by Gasteiger charge is -2.13. The molecule has 63 heavy (non-hydrogen) atoms. The summed E-state index contributed by atoms with van der Waals surface area (Å²) in [5.74, 6) is 0.898. The van der Waals surface area contributed by atoms with Crippen LogP contribution in [-0.4, -0.2) is 18.7 Å². The zero-order valence-corrected chi connectivity index (χ0v) is 34.2. The highest BCUT2D eigenvalue weighted by atomic mass is 15.1. The van der Waals surface area contributed by atoms with Gasteiger partial charge >= 0.3 is 0 Å². The Balaban J connectivity index is 1.07. The number of hydrogen-bond donors (Lipinski definition) is 0. The summed E-state index contributed by atoms with van der Waals surface area (Å²) < 4.78 is 7.23. The largest absolute Gasteiger partial charge is 0.309 e. The van der Waals surface area contributed by atoms with Gasteiger partial charge in [-0.05, 0) is 100 Å². The lowest BCUT2D eigenvalue weighted by molar-refractivity contribution is 1.08. The zero-order chi connectivity index (χ0) is 41.4. The summed E-state index contributed by atoms with van der Waals surface area (Å²) in [4.78, 5) is 4.85. The van der Waals surface area contributed by atoms with Crippen molar-refractivity contribution in [1.29, 1.82) is 0 Å². The Morgan fingerprint density at radius 2 is 0.698 bits per heavy atom. The molecule has 13 aromatic rings. The first-order chi connectivity index (χ1) is 31.2. The summed E-state index contributed by atoms with van der Waals surface area (Å²) in [6.07, 6.45) is 1.87. The van der Waals surface area contributed by atoms with Gasteiger partial charge in [-0.15, -0.1) is 0 Å². The molecule has 0 spiro atoms. The molecule has 0 saturated carbocycles. The van der Waals surface area contributed by atoms with E-state index in [4.69, 9.17) is 4.98 Å². The number of pyridine rings is 1. The molecule has 0 fully saturated rings. The van der Waals surface area contributed by atoms with Crippen molar-refractivity contribution in [3.8, 4) is 50.6 Å². The highest BCUT2D eigenvalue weighted by Crippen LogP contribution is 2.42. The minimum absolute atomic E-state index is 0.898. The second kappa shape index (κ2) is 14.1. The molecule has 4 heteroatoms. The van der Waals surface area contributed by atoms with Crippen molar-refractivity contribution in [3.63, 3.8) is 0 Å². The third kappa shape index (κ3) is 5.59. The summed E-state index contributed by atoms with van der Waals surface area (Å²) in [7, 11) is 0. The Hall–Kier alpha value is -8.47. The van der Waals surface area contributed by atoms with Crippen LogP contribution in [0.2, 0.25) is 0 Å². The van der Waals surface area contributed by atoms with Crippen LogP contribution in [0.1, 0.15) is 0 Å². The second-order valence-corrected chi connectivity index (χ2v) is 16.4. The maximum Gasteiger partial charge on any atom is 0.137 e. The number of benzene rings is 9. The van der Waals surface area contributed by atoms with Gasteiger partial charge in [-0.25, -0.2) is 4.98 Å². The molecule has 13 rings (SSSR count). The van der Waals surface area contributed by atoms with E-state index < -0.39 is 0 Å². The molecule has 4 nitrogen and oxygen atoms in total. The van der Waals surface area contributed by atoms with Gasteiger partial charge in [0.05, 0.1) is 33.1 Å². The van der Waals surface area contributed by atoms with Gasteiger partial charge in [0.2, 0.25) is 0 Å². The zero-order valence-electron chi connectivity index (χ0n) is 34.2. The molecule has 0 saturated heterocycles. The van der Waals surface area contributed by atoms with Crippen LogP contribution in [0.3, 0.4) is 0 Å². The average molecular weight is 803 g/mol. The average Bonchev–Trinajstić information content (AvgIpc) is 3.98. The van der Waals surface area contributed by atoms with E-state index in [0.29, 0.717) is 0 Å². The maximum absolute atomic E-state index is 4.85. The van der Waals surface area contributed by atoms with E-state index in [-0.39, 0.29) is 0 Å². The van der Waals surface area contributed by atoms with Crippen LogP contribution < -0.4 is 0 Å². The van der Waals surface area contributed by atoms with E-state index in [0.717, 1.165) is 44.8 Å². The molecule has 0 atom stereocenters. The molecule has 9 aromatic carbocycles. The van der Waals surface area contributed by atoms with Gasteiger partial charge in [0.1, 0.15) is 5.82 Å². The van der Waals surface area contributed by atoms with E-state index in [1.807, 2.05) is 12.3 Å². The van der Waals surface area contributed by atoms with Crippen LogP contribution in [0.4, 0.5) is 0 Å². The van der Waals surface area contributed by atoms with Gasteiger partial charge in [0.25, 0.3) is 0 Å². The molecule has 0 aliphatic rings. The molecule has 0 bridgehead atoms. The van der Waals surface area contributed by atoms with Crippen LogP contribution in [0.25, 0.3) is 116 Å². The van der Waals surface area contributed by atoms with Gasteiger partial charge in [-0.3, -0.25) is 4.57 Å². The first kappa shape index (κ1) is 35.3. The predicted molar refractivity (Wildman–Crippen MR) is 264 cm³/mol. The molecule has 294 valence electrons. The van der Waals surface area contributed by atoms with Crippen molar-refractivity contribution >= 4 is 65.4 Å². The van der Waals surface area contributed by atoms with Crippen molar-refractivity contribution in [1.82, 2.24) is 18.7 Å². The molecular formula is C59H38N4. The van der Waals surface area contributed by atoms with Gasteiger partial charge in [-0.2, -0.15) is 0 Å². The number of para-hydroxylation sites is 2. The standard InChI is InChI=1S/C59H38N4/c1-3-14-39(15-4-1)41-25-27-42(28-26-41)43-18-13-19-45(34-43)61-53-22-9-8-21-48(53)51-37-52-50-31-29-44(40-16-5-2-6-17-40)35-55(50)62(58(52)38-57(51)61)46-30-32-49-47-20-7-10-23-54(47)63(56(49)36-46)59-24-11-12-33-60-59/h1-38H. The number of rotatable bonds is 6. The molecule has 0 N–H and O–H groups in total. The van der Waals surface area contributed by atoms with Crippen molar-refractivity contribution in [2.75, 3.05) is 0 Å². The monoisotopic (exact) mass is 802 g/mol. The molecule has 0 amide bonds. The number of fused-ring (bicyclic) bond motifs is 9. The molecular weight excluding hydrogens is 765 g/mol. The van der Waals surface area contributed by atoms with Crippen LogP contribution in [0, 0.1) is 0 Å². The normalized spacial score (nSPS) is 11.8. The fourth-order valence-electron chi connectivity index (χ4n) is 9.99. The van der Waals surface area contributed by atoms with E-state index in [2.05, 4.69) is 232 Å². The van der Waals surface area contributed by atoms with Crippen LogP contribution >= 0.6 is 0 Å². The number of aromatic nitrogens is 4. The summed E-state index contributed by atoms with van der Waals surface area (Å²) in [6.45, 7) is 0. The molecule has 0 aliphatic heterocycles. The highest BCUT2D eigenvalue weighted by molar-refractivity contribution is 6.20. The van der Waals surface area contributed by atoms with Crippen LogP contribution in [-0.2, 0) is 0 Å². The van der Waals surface area contributed by atoms with Crippen molar-refractivity contribution < 1.29 is 0 Å². The van der Waals surface area contributed by atoms with Gasteiger partial charge in [0.15, 0.2) is 0 Å². The minimum atomic E-state index is 0.898. The number of hydrogen-bond acceptors (Lipinski definition) is 1. The molecule has 4 aromatic heterocycles. The van der Waals surface area contributed by atoms with E-state index in [1.54, 1.807) is 0 Å². The first-order valence-corrected chi connectivity index (χ1v) is 21.5. The summed E-state index contributed by atoms with van der Waals surface area (Å²) in [5.41, 5.74) is 16.3. The Morgan fingerprint density at radius 1 is 0.238 bits per heavy atom. The summed E-state index contributed by atoms with van der Waals surface area (Å²) in [5, 5.41) is 7.30. The molecule has 4 heterocycles. The predicted octanol–water partition coefficient (Wildman–Crippen LogP) is 15.4. The third-order valence-electron chi connectivity index (χ3n) is 12.9. The number of nitrogens with zero attached hydrogens (tertiary/aromatic N) is 4. The van der Waals surface area contributed by atoms with E-state index in [1.165, 1.54) is 71.2 Å². The molecule has 0 unspecified atom stereocenters. The Bertz CT molecular complexity index is 3870. The SMILES string of the molecule is c1ccc(-c2ccc(-c3cccc(-n4c5ccccc5c5cc6c7ccc(-c8ccccc8)cc7n(-c7ccc8c9ccccc9n(-c9ccccn9)c8c7)c6cc54)c3)cc2)cc1. The fraction of sp³-hybridized carbons (Fsp3) is 0. The molecule has 0 aliphatic carbocycles. The van der Waals surface area contributed by atoms with Crippen molar-refractivity contribution in [2.45, 2.75) is 0 Å². The minimum Gasteiger partial charge on any atom is -0.309 e. The Kier molecular flexibility index (Phi) is 7.87. The summed E-state index contributed by atoms with van der Waals surface area (Å²) >= 11 is 0. The van der Waals surface area contributed by atoms with E-state index in [9.17, 15) is 0 Å². The quantitative estimate of drug-likeness (QED) is 0.165. The topological polar surface area (TPSA) is 27.7 Å². The lowest BCUT2D eigenvalue weighted by atomic mass is 10.00. The summed E-state index contributed by atoms with van der Waals surface area (Å²) in [6, 6.07) is 81.5. The van der Waals surface area contributed by atoms with Crippen molar-refractivity contribution in [3.05, 3.63) is 231 Å². The van der Waals surface area contributed by atoms with Gasteiger partial charge in [0, 0.05) is 49.9 Å². The fourth-order valence-corrected chi connectivity index (χ4v) is 9.99. The molecule has 0 radical (unpaired) electrons. The highest BCUT2D eigenvalue weighted by Gasteiger charge is 2.21. The maximum atomic E-state index is 4.85. The van der Waals surface area contributed by atoms with Crippen LogP contribution in [0.15, 0.2) is 231 Å². The third-order valence-corrected chi connectivity index (χ3v) is 12.9. The van der Waals surface area contributed by atoms with Crippen molar-refractivity contribution in [2.24, 2.45) is 0 Å². The second-order valence-electron chi connectivity index (χ2n) is 16.4.